The molecule has 1 fully saturated rings. The molecule has 1 aliphatic rings. The number of likely N-dealkylation sites (tertiary alicyclic amines) is 1. The molecule has 3 unspecified atom stereocenters. The highest BCUT2D eigenvalue weighted by Gasteiger charge is 2.29. The first-order valence-corrected chi connectivity index (χ1v) is 7.19. The molecule has 0 amide bonds. The number of halogens is 3. The standard InChI is InChI=1S/C14H20Cl2N2.ClH/c1-9(17)11-5-6-18(8-11)10(2)13-7-12(15)3-4-14(13)16;/h3-4,7,9-11H,5-6,8,17H2,1-2H3;1H. The highest BCUT2D eigenvalue weighted by atomic mass is 35.5. The van der Waals surface area contributed by atoms with Gasteiger partial charge in [0.2, 0.25) is 0 Å². The van der Waals surface area contributed by atoms with Crippen LogP contribution in [0.15, 0.2) is 18.2 Å². The van der Waals surface area contributed by atoms with Gasteiger partial charge in [-0.25, -0.2) is 0 Å². The van der Waals surface area contributed by atoms with E-state index in [0.29, 0.717) is 12.0 Å². The predicted molar refractivity (Wildman–Crippen MR) is 85.5 cm³/mol. The normalized spacial score (nSPS) is 22.9. The second-order valence-electron chi connectivity index (χ2n) is 5.24. The molecule has 0 bridgehead atoms. The summed E-state index contributed by atoms with van der Waals surface area (Å²) in [5.74, 6) is 0.588. The van der Waals surface area contributed by atoms with Crippen LogP contribution in [0.4, 0.5) is 0 Å². The topological polar surface area (TPSA) is 29.3 Å². The largest absolute Gasteiger partial charge is 0.328 e. The quantitative estimate of drug-likeness (QED) is 0.905. The molecule has 1 aromatic carbocycles. The lowest BCUT2D eigenvalue weighted by molar-refractivity contribution is 0.248. The second-order valence-corrected chi connectivity index (χ2v) is 6.09. The minimum absolute atomic E-state index is 0. The Kier molecular flexibility index (Phi) is 6.41. The molecule has 2 nitrogen and oxygen atoms in total. The zero-order chi connectivity index (χ0) is 13.3. The Morgan fingerprint density at radius 2 is 2.00 bits per heavy atom. The van der Waals surface area contributed by atoms with Crippen molar-refractivity contribution in [2.75, 3.05) is 13.1 Å². The first-order valence-electron chi connectivity index (χ1n) is 6.43. The SMILES string of the molecule is CC(N)C1CCN(C(C)c2cc(Cl)ccc2Cl)C1.Cl. The van der Waals surface area contributed by atoms with Crippen molar-refractivity contribution in [2.24, 2.45) is 11.7 Å². The molecule has 0 spiro atoms. The highest BCUT2D eigenvalue weighted by molar-refractivity contribution is 6.33. The summed E-state index contributed by atoms with van der Waals surface area (Å²) in [6.45, 7) is 6.39. The molecule has 2 N–H and O–H groups in total. The van der Waals surface area contributed by atoms with Gasteiger partial charge in [0.25, 0.3) is 0 Å². The van der Waals surface area contributed by atoms with Crippen molar-refractivity contribution in [2.45, 2.75) is 32.4 Å². The first-order chi connectivity index (χ1) is 8.49. The molecule has 0 aliphatic carbocycles. The molecule has 108 valence electrons. The summed E-state index contributed by atoms with van der Waals surface area (Å²) in [6.07, 6.45) is 1.17. The van der Waals surface area contributed by atoms with E-state index in [1.807, 2.05) is 18.2 Å². The molecule has 0 saturated carbocycles. The fraction of sp³-hybridized carbons (Fsp3) is 0.571. The third-order valence-electron chi connectivity index (χ3n) is 3.96. The molecule has 0 radical (unpaired) electrons. The zero-order valence-electron chi connectivity index (χ0n) is 11.3. The third-order valence-corrected chi connectivity index (χ3v) is 4.53. The Labute approximate surface area is 131 Å². The van der Waals surface area contributed by atoms with E-state index >= 15 is 0 Å². The highest BCUT2D eigenvalue weighted by Crippen LogP contribution is 2.33. The minimum Gasteiger partial charge on any atom is -0.328 e. The number of nitrogens with zero attached hydrogens (tertiary/aromatic N) is 1. The van der Waals surface area contributed by atoms with E-state index in [2.05, 4.69) is 18.7 Å². The van der Waals surface area contributed by atoms with Gasteiger partial charge in [0.15, 0.2) is 0 Å². The molecule has 1 saturated heterocycles. The molecule has 0 aromatic heterocycles. The van der Waals surface area contributed by atoms with Crippen LogP contribution in [0.1, 0.15) is 31.9 Å². The summed E-state index contributed by atoms with van der Waals surface area (Å²) in [6, 6.07) is 6.22. The van der Waals surface area contributed by atoms with Gasteiger partial charge in [-0.3, -0.25) is 4.90 Å². The van der Waals surface area contributed by atoms with Crippen LogP contribution in [-0.4, -0.2) is 24.0 Å². The van der Waals surface area contributed by atoms with Gasteiger partial charge in [-0.2, -0.15) is 0 Å². The summed E-state index contributed by atoms with van der Waals surface area (Å²) in [7, 11) is 0. The van der Waals surface area contributed by atoms with E-state index in [0.717, 1.165) is 28.7 Å². The van der Waals surface area contributed by atoms with Crippen LogP contribution in [0.2, 0.25) is 10.0 Å². The van der Waals surface area contributed by atoms with Gasteiger partial charge in [0.1, 0.15) is 0 Å². The lowest BCUT2D eigenvalue weighted by Crippen LogP contribution is -2.31. The van der Waals surface area contributed by atoms with E-state index in [4.69, 9.17) is 28.9 Å². The Bertz CT molecular complexity index is 423. The molecule has 1 aliphatic heterocycles. The Balaban J connectivity index is 0.00000180. The molecular weight excluding hydrogens is 303 g/mol. The van der Waals surface area contributed by atoms with Crippen molar-refractivity contribution in [3.8, 4) is 0 Å². The zero-order valence-corrected chi connectivity index (χ0v) is 13.6. The van der Waals surface area contributed by atoms with Crippen LogP contribution < -0.4 is 5.73 Å². The number of hydrogen-bond donors (Lipinski definition) is 1. The van der Waals surface area contributed by atoms with Gasteiger partial charge in [-0.15, -0.1) is 12.4 Å². The van der Waals surface area contributed by atoms with Crippen LogP contribution in [-0.2, 0) is 0 Å². The maximum Gasteiger partial charge on any atom is 0.0454 e. The number of hydrogen-bond acceptors (Lipinski definition) is 2. The average Bonchev–Trinajstić information content (AvgIpc) is 2.81. The van der Waals surface area contributed by atoms with Gasteiger partial charge < -0.3 is 5.73 Å². The molecule has 3 atom stereocenters. The second kappa shape index (κ2) is 7.14. The summed E-state index contributed by atoms with van der Waals surface area (Å²) in [5.41, 5.74) is 7.08. The molecule has 2 rings (SSSR count). The summed E-state index contributed by atoms with van der Waals surface area (Å²) in [4.78, 5) is 2.44. The van der Waals surface area contributed by atoms with Crippen molar-refractivity contribution >= 4 is 35.6 Å². The monoisotopic (exact) mass is 322 g/mol. The van der Waals surface area contributed by atoms with Crippen LogP contribution in [0.25, 0.3) is 0 Å². The van der Waals surface area contributed by atoms with Crippen molar-refractivity contribution < 1.29 is 0 Å². The molecule has 1 aromatic rings. The molecule has 19 heavy (non-hydrogen) atoms. The minimum atomic E-state index is 0. The van der Waals surface area contributed by atoms with Gasteiger partial charge in [0, 0.05) is 28.7 Å². The van der Waals surface area contributed by atoms with Crippen LogP contribution >= 0.6 is 35.6 Å². The number of rotatable bonds is 3. The number of benzene rings is 1. The third kappa shape index (κ3) is 3.99. The van der Waals surface area contributed by atoms with Crippen molar-refractivity contribution in [1.29, 1.82) is 0 Å². The lowest BCUT2D eigenvalue weighted by atomic mass is 10.0. The van der Waals surface area contributed by atoms with E-state index in [9.17, 15) is 0 Å². The van der Waals surface area contributed by atoms with Crippen LogP contribution in [0, 0.1) is 5.92 Å². The van der Waals surface area contributed by atoms with Gasteiger partial charge in [-0.05, 0) is 56.5 Å². The van der Waals surface area contributed by atoms with Gasteiger partial charge >= 0.3 is 0 Å². The van der Waals surface area contributed by atoms with E-state index in [1.54, 1.807) is 0 Å². The smallest absolute Gasteiger partial charge is 0.0454 e. The average molecular weight is 324 g/mol. The Hall–Kier alpha value is 0.01000. The van der Waals surface area contributed by atoms with Crippen molar-refractivity contribution in [3.05, 3.63) is 33.8 Å². The van der Waals surface area contributed by atoms with Gasteiger partial charge in [0.05, 0.1) is 0 Å². The van der Waals surface area contributed by atoms with Crippen molar-refractivity contribution in [1.82, 2.24) is 4.90 Å². The lowest BCUT2D eigenvalue weighted by Gasteiger charge is -2.26. The fourth-order valence-corrected chi connectivity index (χ4v) is 3.08. The molecule has 5 heteroatoms. The summed E-state index contributed by atoms with van der Waals surface area (Å²) in [5, 5.41) is 1.53. The fourth-order valence-electron chi connectivity index (χ4n) is 2.63. The van der Waals surface area contributed by atoms with Gasteiger partial charge in [-0.1, -0.05) is 23.2 Å². The van der Waals surface area contributed by atoms with E-state index < -0.39 is 0 Å². The molecular formula is C14H21Cl3N2. The van der Waals surface area contributed by atoms with Crippen LogP contribution in [0.3, 0.4) is 0 Å². The van der Waals surface area contributed by atoms with E-state index in [-0.39, 0.29) is 18.4 Å². The van der Waals surface area contributed by atoms with E-state index in [1.165, 1.54) is 6.42 Å². The maximum absolute atomic E-state index is 6.26. The maximum atomic E-state index is 6.26. The first kappa shape index (κ1) is 17.1. The van der Waals surface area contributed by atoms with Crippen LogP contribution in [0.5, 0.6) is 0 Å². The Morgan fingerprint density at radius 3 is 2.58 bits per heavy atom. The summed E-state index contributed by atoms with van der Waals surface area (Å²) < 4.78 is 0. The molecule has 1 heterocycles. The number of nitrogens with two attached hydrogens (primary N) is 1. The summed E-state index contributed by atoms with van der Waals surface area (Å²) >= 11 is 12.3. The predicted octanol–water partition coefficient (Wildman–Crippen LogP) is 4.15. The Morgan fingerprint density at radius 1 is 1.32 bits per heavy atom. The van der Waals surface area contributed by atoms with Crippen molar-refractivity contribution in [3.63, 3.8) is 0 Å².